The number of rotatable bonds is 6. The first-order valence-corrected chi connectivity index (χ1v) is 6.00. The van der Waals surface area contributed by atoms with Crippen molar-refractivity contribution in [2.75, 3.05) is 19.0 Å². The molecule has 1 aromatic carbocycles. The molecule has 5 nitrogen and oxygen atoms in total. The van der Waals surface area contributed by atoms with Crippen molar-refractivity contribution in [3.8, 4) is 5.75 Å². The van der Waals surface area contributed by atoms with Crippen molar-refractivity contribution < 1.29 is 9.94 Å². The maximum atomic E-state index is 8.41. The lowest BCUT2D eigenvalue weighted by Crippen LogP contribution is -2.13. The fourth-order valence-corrected chi connectivity index (χ4v) is 1.67. The summed E-state index contributed by atoms with van der Waals surface area (Å²) in [6.45, 7) is 2.64. The van der Waals surface area contributed by atoms with Crippen molar-refractivity contribution >= 4 is 23.1 Å². The molecule has 18 heavy (non-hydrogen) atoms. The van der Waals surface area contributed by atoms with Crippen LogP contribution in [0.1, 0.15) is 18.4 Å². The molecule has 0 aromatic heterocycles. The highest BCUT2D eigenvalue weighted by atomic mass is 35.5. The largest absolute Gasteiger partial charge is 0.495 e. The topological polar surface area (TPSA) is 79.9 Å². The predicted octanol–water partition coefficient (Wildman–Crippen LogP) is 2.60. The molecule has 0 spiro atoms. The van der Waals surface area contributed by atoms with Gasteiger partial charge in [0, 0.05) is 24.1 Å². The highest BCUT2D eigenvalue weighted by Gasteiger charge is 2.06. The Morgan fingerprint density at radius 3 is 2.89 bits per heavy atom. The van der Waals surface area contributed by atoms with Crippen LogP contribution in [0.5, 0.6) is 5.75 Å². The third kappa shape index (κ3) is 4.00. The van der Waals surface area contributed by atoms with Gasteiger partial charge in [-0.15, -0.1) is 0 Å². The molecule has 6 heteroatoms. The van der Waals surface area contributed by atoms with E-state index in [4.69, 9.17) is 27.3 Å². The molecular weight excluding hydrogens is 254 g/mol. The summed E-state index contributed by atoms with van der Waals surface area (Å²) in [5.74, 6) is 0.936. The zero-order valence-corrected chi connectivity index (χ0v) is 11.3. The zero-order chi connectivity index (χ0) is 13.5. The number of oxime groups is 1. The van der Waals surface area contributed by atoms with Gasteiger partial charge in [-0.1, -0.05) is 16.8 Å². The Morgan fingerprint density at radius 1 is 1.56 bits per heavy atom. The van der Waals surface area contributed by atoms with Gasteiger partial charge in [-0.05, 0) is 25.0 Å². The van der Waals surface area contributed by atoms with Crippen LogP contribution in [0.4, 0.5) is 5.69 Å². The Hall–Kier alpha value is -1.62. The second kappa shape index (κ2) is 6.96. The van der Waals surface area contributed by atoms with E-state index in [1.807, 2.05) is 13.0 Å². The van der Waals surface area contributed by atoms with Gasteiger partial charge in [-0.2, -0.15) is 0 Å². The summed E-state index contributed by atoms with van der Waals surface area (Å²) in [6.07, 6.45) is 1.30. The number of aryl methyl sites for hydroxylation is 1. The van der Waals surface area contributed by atoms with Gasteiger partial charge in [0.05, 0.1) is 12.8 Å². The van der Waals surface area contributed by atoms with Crippen LogP contribution < -0.4 is 15.8 Å². The molecule has 1 rings (SSSR count). The van der Waals surface area contributed by atoms with Gasteiger partial charge < -0.3 is 21.0 Å². The minimum Gasteiger partial charge on any atom is -0.495 e. The molecule has 1 aromatic rings. The van der Waals surface area contributed by atoms with Crippen LogP contribution in [0.2, 0.25) is 5.02 Å². The predicted molar refractivity (Wildman–Crippen MR) is 73.9 cm³/mol. The summed E-state index contributed by atoms with van der Waals surface area (Å²) in [5, 5.41) is 15.2. The molecule has 0 aliphatic heterocycles. The SMILES string of the molecule is COc1cc(Cl)c(C)cc1NCCC/C(N)=N/O. The standard InChI is InChI=1S/C12H18ClN3O2/c1-8-6-10(11(18-2)7-9(8)13)15-5-3-4-12(14)16-17/h6-7,15,17H,3-5H2,1-2H3,(H2,14,16). The first-order chi connectivity index (χ1) is 8.58. The van der Waals surface area contributed by atoms with Crippen LogP contribution in [0, 0.1) is 6.92 Å². The molecule has 0 radical (unpaired) electrons. The Labute approximate surface area is 112 Å². The number of halogens is 1. The lowest BCUT2D eigenvalue weighted by atomic mass is 10.2. The van der Waals surface area contributed by atoms with E-state index < -0.39 is 0 Å². The normalized spacial score (nSPS) is 11.4. The van der Waals surface area contributed by atoms with Gasteiger partial charge in [-0.3, -0.25) is 0 Å². The summed E-state index contributed by atoms with van der Waals surface area (Å²) in [6, 6.07) is 3.72. The van der Waals surface area contributed by atoms with Crippen LogP contribution in [0.25, 0.3) is 0 Å². The van der Waals surface area contributed by atoms with E-state index in [2.05, 4.69) is 10.5 Å². The van der Waals surface area contributed by atoms with Crippen LogP contribution in [-0.2, 0) is 0 Å². The summed E-state index contributed by atoms with van der Waals surface area (Å²) in [7, 11) is 1.60. The smallest absolute Gasteiger partial charge is 0.143 e. The van der Waals surface area contributed by atoms with E-state index in [9.17, 15) is 0 Å². The van der Waals surface area contributed by atoms with Gasteiger partial charge in [0.15, 0.2) is 0 Å². The van der Waals surface area contributed by atoms with Crippen LogP contribution in [0.15, 0.2) is 17.3 Å². The lowest BCUT2D eigenvalue weighted by Gasteiger charge is -2.12. The van der Waals surface area contributed by atoms with E-state index in [1.165, 1.54) is 0 Å². The van der Waals surface area contributed by atoms with Crippen molar-refractivity contribution in [2.45, 2.75) is 19.8 Å². The van der Waals surface area contributed by atoms with E-state index >= 15 is 0 Å². The molecule has 0 saturated heterocycles. The van der Waals surface area contributed by atoms with Gasteiger partial charge >= 0.3 is 0 Å². The van der Waals surface area contributed by atoms with E-state index in [0.29, 0.717) is 23.7 Å². The van der Waals surface area contributed by atoms with Crippen molar-refractivity contribution in [3.63, 3.8) is 0 Å². The highest BCUT2D eigenvalue weighted by molar-refractivity contribution is 6.31. The molecule has 0 fully saturated rings. The fourth-order valence-electron chi connectivity index (χ4n) is 1.51. The third-order valence-electron chi connectivity index (χ3n) is 2.53. The summed E-state index contributed by atoms with van der Waals surface area (Å²) < 4.78 is 5.25. The van der Waals surface area contributed by atoms with Crippen molar-refractivity contribution in [1.29, 1.82) is 0 Å². The van der Waals surface area contributed by atoms with Gasteiger partial charge in [-0.25, -0.2) is 0 Å². The average Bonchev–Trinajstić information content (AvgIpc) is 2.37. The quantitative estimate of drug-likeness (QED) is 0.244. The Balaban J connectivity index is 2.59. The molecular formula is C12H18ClN3O2. The van der Waals surface area contributed by atoms with Crippen molar-refractivity contribution in [2.24, 2.45) is 10.9 Å². The molecule has 0 aliphatic rings. The minimum absolute atomic E-state index is 0.232. The second-order valence-electron chi connectivity index (χ2n) is 3.92. The number of benzene rings is 1. The van der Waals surface area contributed by atoms with Gasteiger partial charge in [0.1, 0.15) is 11.6 Å². The van der Waals surface area contributed by atoms with Crippen molar-refractivity contribution in [3.05, 3.63) is 22.7 Å². The van der Waals surface area contributed by atoms with Crippen molar-refractivity contribution in [1.82, 2.24) is 0 Å². The fraction of sp³-hybridized carbons (Fsp3) is 0.417. The number of nitrogens with zero attached hydrogens (tertiary/aromatic N) is 1. The third-order valence-corrected chi connectivity index (χ3v) is 2.94. The monoisotopic (exact) mass is 271 g/mol. The number of ether oxygens (including phenoxy) is 1. The first-order valence-electron chi connectivity index (χ1n) is 5.63. The maximum absolute atomic E-state index is 8.41. The van der Waals surface area contributed by atoms with E-state index in [1.54, 1.807) is 13.2 Å². The van der Waals surface area contributed by atoms with E-state index in [-0.39, 0.29) is 5.84 Å². The molecule has 0 saturated carbocycles. The molecule has 4 N–H and O–H groups in total. The number of nitrogens with two attached hydrogens (primary N) is 1. The first kappa shape index (κ1) is 14.4. The van der Waals surface area contributed by atoms with Crippen LogP contribution >= 0.6 is 11.6 Å². The second-order valence-corrected chi connectivity index (χ2v) is 4.33. The zero-order valence-electron chi connectivity index (χ0n) is 10.5. The average molecular weight is 272 g/mol. The molecule has 0 heterocycles. The highest BCUT2D eigenvalue weighted by Crippen LogP contribution is 2.30. The molecule has 0 unspecified atom stereocenters. The molecule has 0 bridgehead atoms. The van der Waals surface area contributed by atoms with Crippen LogP contribution in [-0.4, -0.2) is 24.7 Å². The lowest BCUT2D eigenvalue weighted by molar-refractivity contribution is 0.316. The summed E-state index contributed by atoms with van der Waals surface area (Å²) in [4.78, 5) is 0. The Morgan fingerprint density at radius 2 is 2.28 bits per heavy atom. The van der Waals surface area contributed by atoms with E-state index in [0.717, 1.165) is 17.7 Å². The number of anilines is 1. The number of amidine groups is 1. The number of hydrogen-bond donors (Lipinski definition) is 3. The number of nitrogens with one attached hydrogen (secondary N) is 1. The summed E-state index contributed by atoms with van der Waals surface area (Å²) >= 11 is 6.02. The number of hydrogen-bond acceptors (Lipinski definition) is 4. The van der Waals surface area contributed by atoms with Gasteiger partial charge in [0.2, 0.25) is 0 Å². The number of methoxy groups -OCH3 is 1. The minimum atomic E-state index is 0.232. The molecule has 0 amide bonds. The molecule has 0 aliphatic carbocycles. The Kier molecular flexibility index (Phi) is 5.58. The summed E-state index contributed by atoms with van der Waals surface area (Å²) in [5.41, 5.74) is 7.25. The molecule has 100 valence electrons. The maximum Gasteiger partial charge on any atom is 0.143 e. The van der Waals surface area contributed by atoms with Crippen LogP contribution in [0.3, 0.4) is 0 Å². The Bertz CT molecular complexity index is 436. The molecule has 0 atom stereocenters. The van der Waals surface area contributed by atoms with Gasteiger partial charge in [0.25, 0.3) is 0 Å².